The minimum absolute atomic E-state index is 0.0391. The molecule has 0 spiro atoms. The molecule has 9 nitrogen and oxygen atoms in total. The standard InChI is InChI=1S/C21H22F2N4O5S/c1-31-16-12-14(5-6-15(16)32-20(22)23)13-17-19(29)27(21(30)33-17)11-8-24-18(28)4-2-9-26-10-3-7-25-26/h3,5-7,10,12-13,20H,2,4,8-9,11H2,1H3,(H,24,28)/b17-13-. The fourth-order valence-electron chi connectivity index (χ4n) is 3.04. The van der Waals surface area contributed by atoms with Gasteiger partial charge in [-0.05, 0) is 48.0 Å². The number of hydrogen-bond acceptors (Lipinski definition) is 7. The third kappa shape index (κ3) is 6.78. The lowest BCUT2D eigenvalue weighted by atomic mass is 10.2. The van der Waals surface area contributed by atoms with Gasteiger partial charge in [-0.3, -0.25) is 24.0 Å². The summed E-state index contributed by atoms with van der Waals surface area (Å²) in [6, 6.07) is 5.99. The highest BCUT2D eigenvalue weighted by Crippen LogP contribution is 2.34. The van der Waals surface area contributed by atoms with Crippen molar-refractivity contribution in [2.75, 3.05) is 20.2 Å². The van der Waals surface area contributed by atoms with Crippen LogP contribution in [0.5, 0.6) is 11.5 Å². The van der Waals surface area contributed by atoms with Gasteiger partial charge in [-0.2, -0.15) is 13.9 Å². The molecule has 0 unspecified atom stereocenters. The first kappa shape index (κ1) is 24.2. The molecule has 1 aliphatic heterocycles. The fourth-order valence-corrected chi connectivity index (χ4v) is 3.91. The van der Waals surface area contributed by atoms with E-state index in [0.717, 1.165) is 16.7 Å². The second-order valence-corrected chi connectivity index (χ2v) is 7.84. The number of aromatic nitrogens is 2. The number of aryl methyl sites for hydroxylation is 1. The van der Waals surface area contributed by atoms with E-state index in [-0.39, 0.29) is 35.4 Å². The molecule has 1 N–H and O–H groups in total. The van der Waals surface area contributed by atoms with Crippen LogP contribution in [0.1, 0.15) is 18.4 Å². The molecule has 1 aromatic heterocycles. The van der Waals surface area contributed by atoms with Gasteiger partial charge in [-0.1, -0.05) is 6.07 Å². The van der Waals surface area contributed by atoms with E-state index in [1.54, 1.807) is 16.9 Å². The van der Waals surface area contributed by atoms with Crippen molar-refractivity contribution >= 4 is 34.9 Å². The van der Waals surface area contributed by atoms with Crippen molar-refractivity contribution in [1.29, 1.82) is 0 Å². The summed E-state index contributed by atoms with van der Waals surface area (Å²) in [5.74, 6) is -0.746. The number of thioether (sulfide) groups is 1. The maximum Gasteiger partial charge on any atom is 0.387 e. The second kappa shape index (κ2) is 11.5. The van der Waals surface area contributed by atoms with Crippen LogP contribution >= 0.6 is 11.8 Å². The Hall–Kier alpha value is -3.41. The van der Waals surface area contributed by atoms with Crippen LogP contribution in [0.4, 0.5) is 13.6 Å². The highest BCUT2D eigenvalue weighted by atomic mass is 32.2. The Morgan fingerprint density at radius 1 is 1.27 bits per heavy atom. The number of alkyl halides is 2. The lowest BCUT2D eigenvalue weighted by Crippen LogP contribution is -2.37. The highest BCUT2D eigenvalue weighted by Gasteiger charge is 2.34. The minimum Gasteiger partial charge on any atom is -0.493 e. The van der Waals surface area contributed by atoms with E-state index in [9.17, 15) is 23.2 Å². The van der Waals surface area contributed by atoms with Gasteiger partial charge in [0, 0.05) is 38.4 Å². The van der Waals surface area contributed by atoms with E-state index in [4.69, 9.17) is 4.74 Å². The zero-order chi connectivity index (χ0) is 23.8. The third-order valence-electron chi connectivity index (χ3n) is 4.58. The number of nitrogens with zero attached hydrogens (tertiary/aromatic N) is 3. The maximum absolute atomic E-state index is 12.6. The molecule has 3 amide bonds. The summed E-state index contributed by atoms with van der Waals surface area (Å²) < 4.78 is 36.1. The fraction of sp³-hybridized carbons (Fsp3) is 0.333. The summed E-state index contributed by atoms with van der Waals surface area (Å²) in [5.41, 5.74) is 0.476. The molecule has 33 heavy (non-hydrogen) atoms. The maximum atomic E-state index is 12.6. The molecule has 0 aliphatic carbocycles. The number of halogens is 2. The van der Waals surface area contributed by atoms with Gasteiger partial charge in [0.25, 0.3) is 11.1 Å². The Bertz CT molecular complexity index is 1030. The van der Waals surface area contributed by atoms with Crippen LogP contribution in [0, 0.1) is 0 Å². The average Bonchev–Trinajstić information content (AvgIpc) is 3.38. The van der Waals surface area contributed by atoms with Gasteiger partial charge < -0.3 is 14.8 Å². The van der Waals surface area contributed by atoms with Crippen molar-refractivity contribution in [1.82, 2.24) is 20.0 Å². The summed E-state index contributed by atoms with van der Waals surface area (Å²) in [7, 11) is 1.30. The van der Waals surface area contributed by atoms with E-state index >= 15 is 0 Å². The van der Waals surface area contributed by atoms with Gasteiger partial charge in [0.2, 0.25) is 5.91 Å². The Labute approximate surface area is 192 Å². The zero-order valence-corrected chi connectivity index (χ0v) is 18.5. The first-order valence-corrected chi connectivity index (χ1v) is 10.8. The smallest absolute Gasteiger partial charge is 0.387 e. The van der Waals surface area contributed by atoms with Gasteiger partial charge in [-0.15, -0.1) is 0 Å². The molecule has 1 aromatic carbocycles. The van der Waals surface area contributed by atoms with E-state index in [2.05, 4.69) is 15.2 Å². The number of imide groups is 1. The zero-order valence-electron chi connectivity index (χ0n) is 17.7. The SMILES string of the molecule is COc1cc(/C=C2\SC(=O)N(CCNC(=O)CCCn3cccn3)C2=O)ccc1OC(F)F. The van der Waals surface area contributed by atoms with E-state index in [1.165, 1.54) is 31.4 Å². The van der Waals surface area contributed by atoms with Crippen molar-refractivity contribution < 1.29 is 32.6 Å². The Balaban J connectivity index is 1.51. The largest absolute Gasteiger partial charge is 0.493 e. The van der Waals surface area contributed by atoms with Gasteiger partial charge in [0.05, 0.1) is 12.0 Å². The third-order valence-corrected chi connectivity index (χ3v) is 5.49. The summed E-state index contributed by atoms with van der Waals surface area (Å²) in [6.07, 6.45) is 5.86. The van der Waals surface area contributed by atoms with Gasteiger partial charge in [0.15, 0.2) is 11.5 Å². The van der Waals surface area contributed by atoms with Crippen molar-refractivity contribution in [3.8, 4) is 11.5 Å². The molecular formula is C21H22F2N4O5S. The Kier molecular flexibility index (Phi) is 8.41. The number of hydrogen-bond donors (Lipinski definition) is 1. The Morgan fingerprint density at radius 2 is 2.09 bits per heavy atom. The molecule has 0 radical (unpaired) electrons. The summed E-state index contributed by atoms with van der Waals surface area (Å²) in [6.45, 7) is -2.20. The lowest BCUT2D eigenvalue weighted by Gasteiger charge is -2.13. The Morgan fingerprint density at radius 3 is 2.79 bits per heavy atom. The van der Waals surface area contributed by atoms with E-state index in [0.29, 0.717) is 24.9 Å². The first-order valence-electron chi connectivity index (χ1n) is 9.99. The van der Waals surface area contributed by atoms with Crippen LogP contribution in [0.3, 0.4) is 0 Å². The lowest BCUT2D eigenvalue weighted by molar-refractivity contribution is -0.124. The first-order chi connectivity index (χ1) is 15.9. The average molecular weight is 480 g/mol. The molecular weight excluding hydrogens is 458 g/mol. The number of amides is 3. The van der Waals surface area contributed by atoms with E-state index in [1.807, 2.05) is 6.20 Å². The second-order valence-electron chi connectivity index (χ2n) is 6.84. The molecule has 2 heterocycles. The number of benzene rings is 1. The normalized spacial score (nSPS) is 14.9. The van der Waals surface area contributed by atoms with Gasteiger partial charge in [0.1, 0.15) is 0 Å². The predicted octanol–water partition coefficient (Wildman–Crippen LogP) is 3.13. The molecule has 1 fully saturated rings. The van der Waals surface area contributed by atoms with E-state index < -0.39 is 17.8 Å². The number of ether oxygens (including phenoxy) is 2. The molecule has 0 atom stereocenters. The number of rotatable bonds is 11. The van der Waals surface area contributed by atoms with Gasteiger partial charge in [-0.25, -0.2) is 0 Å². The molecule has 176 valence electrons. The molecule has 12 heteroatoms. The quantitative estimate of drug-likeness (QED) is 0.493. The molecule has 0 saturated carbocycles. The van der Waals surface area contributed by atoms with Crippen LogP contribution in [0.25, 0.3) is 6.08 Å². The van der Waals surface area contributed by atoms with Gasteiger partial charge >= 0.3 is 6.61 Å². The predicted molar refractivity (Wildman–Crippen MR) is 117 cm³/mol. The number of carbonyl (C=O) groups excluding carboxylic acids is 3. The van der Waals surface area contributed by atoms with Crippen molar-refractivity contribution in [3.63, 3.8) is 0 Å². The number of nitrogens with one attached hydrogen (secondary N) is 1. The molecule has 1 aliphatic rings. The van der Waals surface area contributed by atoms with Crippen molar-refractivity contribution in [3.05, 3.63) is 47.1 Å². The van der Waals surface area contributed by atoms with Crippen LogP contribution in [-0.2, 0) is 16.1 Å². The number of carbonyl (C=O) groups is 3. The number of methoxy groups -OCH3 is 1. The topological polar surface area (TPSA) is 103 Å². The van der Waals surface area contributed by atoms with Crippen LogP contribution in [0.2, 0.25) is 0 Å². The van der Waals surface area contributed by atoms with Crippen molar-refractivity contribution in [2.24, 2.45) is 0 Å². The minimum atomic E-state index is -3.00. The molecule has 3 rings (SSSR count). The summed E-state index contributed by atoms with van der Waals surface area (Å²) >= 11 is 0.760. The molecule has 0 bridgehead atoms. The monoisotopic (exact) mass is 480 g/mol. The summed E-state index contributed by atoms with van der Waals surface area (Å²) in [4.78, 5) is 38.0. The van der Waals surface area contributed by atoms with Crippen molar-refractivity contribution in [2.45, 2.75) is 26.0 Å². The molecule has 1 saturated heterocycles. The van der Waals surface area contributed by atoms with Crippen LogP contribution in [0.15, 0.2) is 41.6 Å². The van der Waals surface area contributed by atoms with Crippen LogP contribution < -0.4 is 14.8 Å². The highest BCUT2D eigenvalue weighted by molar-refractivity contribution is 8.18. The van der Waals surface area contributed by atoms with Crippen LogP contribution in [-0.4, -0.2) is 58.5 Å². The summed E-state index contributed by atoms with van der Waals surface area (Å²) in [5, 5.41) is 6.30. The molecule has 2 aromatic rings.